The number of ether oxygens (including phenoxy) is 1. The predicted octanol–water partition coefficient (Wildman–Crippen LogP) is 1.47. The molecule has 122 valence electrons. The van der Waals surface area contributed by atoms with Gasteiger partial charge in [-0.15, -0.1) is 0 Å². The third-order valence-corrected chi connectivity index (χ3v) is 3.09. The monoisotopic (exact) mass is 302 g/mol. The van der Waals surface area contributed by atoms with Crippen molar-refractivity contribution < 1.29 is 24.2 Å². The third kappa shape index (κ3) is 9.70. The summed E-state index contributed by atoms with van der Waals surface area (Å²) in [6, 6.07) is -0.298. The van der Waals surface area contributed by atoms with Gasteiger partial charge in [0.15, 0.2) is 0 Å². The van der Waals surface area contributed by atoms with E-state index in [1.54, 1.807) is 0 Å². The Bertz CT molecular complexity index is 346. The van der Waals surface area contributed by atoms with Crippen molar-refractivity contribution in [2.75, 3.05) is 26.7 Å². The van der Waals surface area contributed by atoms with E-state index in [9.17, 15) is 14.4 Å². The molecule has 0 bridgehead atoms. The van der Waals surface area contributed by atoms with E-state index in [1.807, 2.05) is 13.8 Å². The summed E-state index contributed by atoms with van der Waals surface area (Å²) in [5.74, 6) is -1.03. The van der Waals surface area contributed by atoms with Gasteiger partial charge in [-0.3, -0.25) is 9.59 Å². The van der Waals surface area contributed by atoms with Crippen molar-refractivity contribution >= 4 is 18.0 Å². The standard InChI is InChI=1S/C14H26N2O5/c1-4-9-16(10-13(19)21-3)14(20)15-8-7-11(2)5-6-12(17)18/h11H,4-10H2,1-3H3,(H,15,20)(H,17,18). The number of hydrogen-bond acceptors (Lipinski definition) is 4. The largest absolute Gasteiger partial charge is 0.481 e. The highest BCUT2D eigenvalue weighted by Gasteiger charge is 2.16. The maximum absolute atomic E-state index is 11.9. The summed E-state index contributed by atoms with van der Waals surface area (Å²) in [5, 5.41) is 11.3. The van der Waals surface area contributed by atoms with Gasteiger partial charge in [-0.25, -0.2) is 4.79 Å². The summed E-state index contributed by atoms with van der Waals surface area (Å²) in [5.41, 5.74) is 0. The maximum Gasteiger partial charge on any atom is 0.325 e. The zero-order chi connectivity index (χ0) is 16.3. The first-order valence-corrected chi connectivity index (χ1v) is 7.22. The summed E-state index contributed by atoms with van der Waals surface area (Å²) < 4.78 is 4.56. The number of amides is 2. The molecule has 2 amide bonds. The second-order valence-corrected chi connectivity index (χ2v) is 5.06. The minimum atomic E-state index is -0.807. The van der Waals surface area contributed by atoms with E-state index in [0.29, 0.717) is 25.9 Å². The molecule has 0 heterocycles. The van der Waals surface area contributed by atoms with Gasteiger partial charge in [-0.2, -0.15) is 0 Å². The molecule has 7 nitrogen and oxygen atoms in total. The summed E-state index contributed by atoms with van der Waals surface area (Å²) in [6.45, 7) is 4.75. The molecule has 21 heavy (non-hydrogen) atoms. The molecular weight excluding hydrogens is 276 g/mol. The van der Waals surface area contributed by atoms with Crippen LogP contribution in [0, 0.1) is 5.92 Å². The molecule has 0 aromatic rings. The zero-order valence-electron chi connectivity index (χ0n) is 13.1. The number of esters is 1. The summed E-state index contributed by atoms with van der Waals surface area (Å²) in [4.78, 5) is 35.0. The van der Waals surface area contributed by atoms with Gasteiger partial charge in [-0.05, 0) is 25.2 Å². The molecule has 0 spiro atoms. The van der Waals surface area contributed by atoms with Gasteiger partial charge in [0.05, 0.1) is 7.11 Å². The number of urea groups is 1. The number of nitrogens with one attached hydrogen (secondary N) is 1. The maximum atomic E-state index is 11.9. The molecule has 7 heteroatoms. The van der Waals surface area contributed by atoms with Crippen LogP contribution in [0.5, 0.6) is 0 Å². The van der Waals surface area contributed by atoms with Crippen LogP contribution >= 0.6 is 0 Å². The van der Waals surface area contributed by atoms with Gasteiger partial charge in [0.2, 0.25) is 0 Å². The smallest absolute Gasteiger partial charge is 0.325 e. The molecular formula is C14H26N2O5. The Labute approximate surface area is 125 Å². The van der Waals surface area contributed by atoms with Gasteiger partial charge in [-0.1, -0.05) is 13.8 Å². The fourth-order valence-corrected chi connectivity index (χ4v) is 1.79. The Morgan fingerprint density at radius 3 is 2.48 bits per heavy atom. The molecule has 0 saturated heterocycles. The Morgan fingerprint density at radius 1 is 1.29 bits per heavy atom. The molecule has 0 fully saturated rings. The molecule has 1 atom stereocenters. The van der Waals surface area contributed by atoms with Gasteiger partial charge in [0.1, 0.15) is 6.54 Å². The number of carbonyl (C=O) groups excluding carboxylic acids is 2. The highest BCUT2D eigenvalue weighted by atomic mass is 16.5. The fourth-order valence-electron chi connectivity index (χ4n) is 1.79. The lowest BCUT2D eigenvalue weighted by Gasteiger charge is -2.21. The number of carbonyl (C=O) groups is 3. The highest BCUT2D eigenvalue weighted by Crippen LogP contribution is 2.09. The van der Waals surface area contributed by atoms with Crippen LogP contribution in [0.3, 0.4) is 0 Å². The van der Waals surface area contributed by atoms with Crippen LogP contribution in [0.1, 0.15) is 39.5 Å². The van der Waals surface area contributed by atoms with Crippen molar-refractivity contribution in [3.8, 4) is 0 Å². The van der Waals surface area contributed by atoms with Crippen LogP contribution in [0.2, 0.25) is 0 Å². The number of nitrogens with zero attached hydrogens (tertiary/aromatic N) is 1. The molecule has 0 saturated carbocycles. The average molecular weight is 302 g/mol. The van der Waals surface area contributed by atoms with Crippen molar-refractivity contribution in [3.63, 3.8) is 0 Å². The average Bonchev–Trinajstić information content (AvgIpc) is 2.44. The lowest BCUT2D eigenvalue weighted by Crippen LogP contribution is -2.43. The van der Waals surface area contributed by atoms with Crippen molar-refractivity contribution in [1.29, 1.82) is 0 Å². The van der Waals surface area contributed by atoms with E-state index in [2.05, 4.69) is 10.1 Å². The number of methoxy groups -OCH3 is 1. The van der Waals surface area contributed by atoms with E-state index in [-0.39, 0.29) is 24.9 Å². The Morgan fingerprint density at radius 2 is 1.95 bits per heavy atom. The first kappa shape index (κ1) is 19.2. The first-order valence-electron chi connectivity index (χ1n) is 7.22. The number of carboxylic acid groups (broad SMARTS) is 1. The predicted molar refractivity (Wildman–Crippen MR) is 77.9 cm³/mol. The number of hydrogen-bond donors (Lipinski definition) is 2. The van der Waals surface area contributed by atoms with Crippen LogP contribution in [0.15, 0.2) is 0 Å². The zero-order valence-corrected chi connectivity index (χ0v) is 13.1. The minimum Gasteiger partial charge on any atom is -0.481 e. The Hall–Kier alpha value is -1.79. The van der Waals surface area contributed by atoms with Gasteiger partial charge in [0.25, 0.3) is 0 Å². The number of aliphatic carboxylic acids is 1. The van der Waals surface area contributed by atoms with E-state index < -0.39 is 11.9 Å². The number of carboxylic acids is 1. The Kier molecular flexibility index (Phi) is 10.0. The van der Waals surface area contributed by atoms with Gasteiger partial charge in [0, 0.05) is 19.5 Å². The quantitative estimate of drug-likeness (QED) is 0.596. The topological polar surface area (TPSA) is 95.9 Å². The molecule has 0 aromatic heterocycles. The summed E-state index contributed by atoms with van der Waals surface area (Å²) >= 11 is 0. The fraction of sp³-hybridized carbons (Fsp3) is 0.786. The second kappa shape index (κ2) is 10.9. The normalized spacial score (nSPS) is 11.6. The van der Waals surface area contributed by atoms with E-state index in [4.69, 9.17) is 5.11 Å². The summed E-state index contributed by atoms with van der Waals surface area (Å²) in [7, 11) is 1.29. The van der Waals surface area contributed by atoms with Crippen molar-refractivity contribution in [1.82, 2.24) is 10.2 Å². The SMILES string of the molecule is CCCN(CC(=O)OC)C(=O)NCCC(C)CCC(=O)O. The lowest BCUT2D eigenvalue weighted by molar-refractivity contribution is -0.141. The third-order valence-electron chi connectivity index (χ3n) is 3.09. The molecule has 2 N–H and O–H groups in total. The van der Waals surface area contributed by atoms with Crippen LogP contribution in [0.25, 0.3) is 0 Å². The van der Waals surface area contributed by atoms with E-state index in [1.165, 1.54) is 12.0 Å². The Balaban J connectivity index is 4.07. The number of rotatable bonds is 10. The molecule has 0 rings (SSSR count). The molecule has 0 radical (unpaired) electrons. The highest BCUT2D eigenvalue weighted by molar-refractivity contribution is 5.80. The van der Waals surface area contributed by atoms with Crippen molar-refractivity contribution in [2.24, 2.45) is 5.92 Å². The van der Waals surface area contributed by atoms with E-state index in [0.717, 1.165) is 6.42 Å². The summed E-state index contributed by atoms with van der Waals surface area (Å²) in [6.07, 6.45) is 2.18. The molecule has 0 aliphatic heterocycles. The van der Waals surface area contributed by atoms with Gasteiger partial charge >= 0.3 is 18.0 Å². The van der Waals surface area contributed by atoms with Crippen LogP contribution in [-0.4, -0.2) is 54.7 Å². The lowest BCUT2D eigenvalue weighted by atomic mass is 10.0. The van der Waals surface area contributed by atoms with Crippen LogP contribution in [0.4, 0.5) is 4.79 Å². The molecule has 0 aliphatic carbocycles. The van der Waals surface area contributed by atoms with Crippen molar-refractivity contribution in [3.05, 3.63) is 0 Å². The molecule has 0 aromatic carbocycles. The van der Waals surface area contributed by atoms with E-state index >= 15 is 0 Å². The van der Waals surface area contributed by atoms with Crippen LogP contribution < -0.4 is 5.32 Å². The first-order chi connectivity index (χ1) is 9.90. The van der Waals surface area contributed by atoms with Crippen molar-refractivity contribution in [2.45, 2.75) is 39.5 Å². The minimum absolute atomic E-state index is 0.0647. The van der Waals surface area contributed by atoms with Crippen LogP contribution in [-0.2, 0) is 14.3 Å². The molecule has 0 aliphatic rings. The molecule has 1 unspecified atom stereocenters. The van der Waals surface area contributed by atoms with Gasteiger partial charge < -0.3 is 20.1 Å². The second-order valence-electron chi connectivity index (χ2n) is 5.06.